The first-order valence-electron chi connectivity index (χ1n) is 16.5. The molecule has 0 radical (unpaired) electrons. The van der Waals surface area contributed by atoms with Gasteiger partial charge in [0.05, 0.1) is 48.5 Å². The summed E-state index contributed by atoms with van der Waals surface area (Å²) in [5.41, 5.74) is 3.92. The Morgan fingerprint density at radius 3 is 1.32 bits per heavy atom. The van der Waals surface area contributed by atoms with Crippen LogP contribution in [-0.4, -0.2) is 39.5 Å². The molecule has 0 saturated heterocycles. The molecule has 0 amide bonds. The second kappa shape index (κ2) is 13.0. The van der Waals surface area contributed by atoms with Crippen molar-refractivity contribution in [1.29, 1.82) is 10.5 Å². The van der Waals surface area contributed by atoms with Crippen molar-refractivity contribution in [2.24, 2.45) is 11.8 Å². The second-order valence-electron chi connectivity index (χ2n) is 13.1. The maximum atomic E-state index is 12.3. The van der Waals surface area contributed by atoms with Crippen LogP contribution in [0.1, 0.15) is 71.4 Å². The van der Waals surface area contributed by atoms with Crippen molar-refractivity contribution in [3.63, 3.8) is 0 Å². The van der Waals surface area contributed by atoms with Gasteiger partial charge in [0.1, 0.15) is 22.1 Å². The van der Waals surface area contributed by atoms with E-state index in [1.54, 1.807) is 9.36 Å². The molecule has 2 aliphatic rings. The van der Waals surface area contributed by atoms with Crippen molar-refractivity contribution < 1.29 is 0 Å². The molecule has 0 aliphatic heterocycles. The molecule has 2 aromatic carbocycles. The van der Waals surface area contributed by atoms with Gasteiger partial charge in [-0.3, -0.25) is 29.5 Å². The van der Waals surface area contributed by atoms with Gasteiger partial charge in [0.25, 0.3) is 11.1 Å². The van der Waals surface area contributed by atoms with Crippen LogP contribution < -0.4 is 22.5 Å². The zero-order chi connectivity index (χ0) is 35.1. The number of hydrogen-bond donors (Lipinski definition) is 4. The minimum absolute atomic E-state index is 0.0178. The average Bonchev–Trinajstić information content (AvgIpc) is 4.01. The van der Waals surface area contributed by atoms with Crippen LogP contribution in [0.3, 0.4) is 0 Å². The Hall–Kier alpha value is -6.28. The lowest BCUT2D eigenvalue weighted by atomic mass is 10.0. The Morgan fingerprint density at radius 2 is 1.00 bits per heavy atom. The maximum absolute atomic E-state index is 12.3. The largest absolute Gasteiger partial charge is 0.327 e. The summed E-state index contributed by atoms with van der Waals surface area (Å²) in [4.78, 5) is 58.0. The highest BCUT2D eigenvalue weighted by Gasteiger charge is 2.37. The molecule has 2 fully saturated rings. The Bertz CT molecular complexity index is 2370. The average molecular weight is 671 g/mol. The minimum Gasteiger partial charge on any atom is -0.291 e. The second-order valence-corrected chi connectivity index (χ2v) is 13.1. The van der Waals surface area contributed by atoms with Crippen LogP contribution in [-0.2, 0) is 12.8 Å². The minimum atomic E-state index is -0.569. The summed E-state index contributed by atoms with van der Waals surface area (Å²) in [6, 6.07) is 20.4. The number of nitrogens with zero attached hydrogens (tertiary/aromatic N) is 6. The molecule has 50 heavy (non-hydrogen) atoms. The van der Waals surface area contributed by atoms with Crippen LogP contribution >= 0.6 is 0 Å². The Labute approximate surface area is 284 Å². The van der Waals surface area contributed by atoms with Gasteiger partial charge in [0.2, 0.25) is 0 Å². The lowest BCUT2D eigenvalue weighted by Gasteiger charge is -2.18. The first-order chi connectivity index (χ1) is 24.2. The SMILES string of the molecule is Cc1ccc([C@@H](C2CC2)n2nc(CC#N)c3c(=O)[nH]c(=O)[nH]c32)cc1.Cc1ccc([C@H](C2CC2)n2nc(CC#N)c3c(=O)[nH]c(=O)[nH]c32)cc1. The smallest absolute Gasteiger partial charge is 0.291 e. The first kappa shape index (κ1) is 32.3. The fourth-order valence-corrected chi connectivity index (χ4v) is 6.67. The summed E-state index contributed by atoms with van der Waals surface area (Å²) in [5, 5.41) is 27.8. The van der Waals surface area contributed by atoms with E-state index in [1.165, 1.54) is 11.1 Å². The Kier molecular flexibility index (Phi) is 8.37. The molecule has 4 heterocycles. The highest BCUT2D eigenvalue weighted by Crippen LogP contribution is 2.45. The topological polar surface area (TPSA) is 215 Å². The molecule has 2 aliphatic carbocycles. The van der Waals surface area contributed by atoms with E-state index in [0.29, 0.717) is 45.3 Å². The van der Waals surface area contributed by atoms with Gasteiger partial charge in [-0.2, -0.15) is 20.7 Å². The summed E-state index contributed by atoms with van der Waals surface area (Å²) in [5.74, 6) is 0.812. The number of aromatic amines is 4. The molecule has 4 aromatic heterocycles. The summed E-state index contributed by atoms with van der Waals surface area (Å²) in [6.45, 7) is 4.06. The Morgan fingerprint density at radius 1 is 0.640 bits per heavy atom. The van der Waals surface area contributed by atoms with Crippen LogP contribution in [0.2, 0.25) is 0 Å². The zero-order valence-corrected chi connectivity index (χ0v) is 27.5. The van der Waals surface area contributed by atoms with Gasteiger partial charge in [0, 0.05) is 0 Å². The molecule has 6 aromatic rings. The van der Waals surface area contributed by atoms with E-state index in [1.807, 2.05) is 50.3 Å². The normalized spacial score (nSPS) is 15.2. The lowest BCUT2D eigenvalue weighted by molar-refractivity contribution is 0.478. The first-order valence-corrected chi connectivity index (χ1v) is 16.5. The van der Waals surface area contributed by atoms with Crippen molar-refractivity contribution >= 4 is 22.1 Å². The monoisotopic (exact) mass is 670 g/mol. The summed E-state index contributed by atoms with van der Waals surface area (Å²) >= 11 is 0. The molecule has 4 N–H and O–H groups in total. The van der Waals surface area contributed by atoms with Crippen molar-refractivity contribution in [1.82, 2.24) is 39.5 Å². The fraction of sp³-hybridized carbons (Fsp3) is 0.333. The fourth-order valence-electron chi connectivity index (χ4n) is 6.67. The molecule has 8 rings (SSSR count). The van der Waals surface area contributed by atoms with Gasteiger partial charge >= 0.3 is 11.4 Å². The number of rotatable bonds is 8. The predicted octanol–water partition coefficient (Wildman–Crippen LogP) is 3.57. The highest BCUT2D eigenvalue weighted by molar-refractivity contribution is 5.78. The molecule has 0 bridgehead atoms. The third kappa shape index (κ3) is 6.19. The molecule has 0 unspecified atom stereocenters. The number of aromatic nitrogens is 8. The summed E-state index contributed by atoms with van der Waals surface area (Å²) in [7, 11) is 0. The number of H-pyrrole nitrogens is 4. The Balaban J connectivity index is 0.000000157. The van der Waals surface area contributed by atoms with Gasteiger partial charge in [-0.1, -0.05) is 59.7 Å². The number of benzene rings is 2. The maximum Gasteiger partial charge on any atom is 0.327 e. The van der Waals surface area contributed by atoms with Crippen LogP contribution in [0.5, 0.6) is 0 Å². The van der Waals surface area contributed by atoms with E-state index in [4.69, 9.17) is 10.5 Å². The standard InChI is InChI=1S/2C18H17N5O2/c2*1-10-2-4-11(5-3-10)15(12-6-7-12)23-16-14(13(22-23)8-9-19)17(24)21-18(25)20-16/h2*2-5,12,15H,6-8H2,1H3,(H2,20,21,24,25)/t2*15-/m10/s1. The third-order valence-corrected chi connectivity index (χ3v) is 9.33. The molecular formula is C36H34N10O4. The van der Waals surface area contributed by atoms with Gasteiger partial charge < -0.3 is 0 Å². The molecule has 14 nitrogen and oxygen atoms in total. The molecule has 2 atom stereocenters. The van der Waals surface area contributed by atoms with Crippen molar-refractivity contribution in [2.45, 2.75) is 64.5 Å². The van der Waals surface area contributed by atoms with E-state index in [0.717, 1.165) is 36.8 Å². The van der Waals surface area contributed by atoms with Crippen LogP contribution in [0.25, 0.3) is 22.1 Å². The van der Waals surface area contributed by atoms with E-state index >= 15 is 0 Å². The van der Waals surface area contributed by atoms with E-state index in [-0.39, 0.29) is 24.9 Å². The van der Waals surface area contributed by atoms with Gasteiger partial charge in [-0.05, 0) is 62.5 Å². The summed E-state index contributed by atoms with van der Waals surface area (Å²) < 4.78 is 3.45. The molecule has 0 spiro atoms. The zero-order valence-electron chi connectivity index (χ0n) is 27.5. The highest BCUT2D eigenvalue weighted by atomic mass is 16.2. The van der Waals surface area contributed by atoms with Crippen molar-refractivity contribution in [2.75, 3.05) is 0 Å². The number of hydrogen-bond acceptors (Lipinski definition) is 8. The van der Waals surface area contributed by atoms with E-state index in [9.17, 15) is 19.2 Å². The van der Waals surface area contributed by atoms with E-state index < -0.39 is 22.5 Å². The number of nitriles is 2. The lowest BCUT2D eigenvalue weighted by Crippen LogP contribution is -2.24. The summed E-state index contributed by atoms with van der Waals surface area (Å²) in [6.07, 6.45) is 4.32. The number of aryl methyl sites for hydroxylation is 2. The number of nitrogens with one attached hydrogen (secondary N) is 4. The van der Waals surface area contributed by atoms with Gasteiger partial charge in [0.15, 0.2) is 0 Å². The third-order valence-electron chi connectivity index (χ3n) is 9.33. The van der Waals surface area contributed by atoms with Crippen molar-refractivity contribution in [3.8, 4) is 12.1 Å². The van der Waals surface area contributed by atoms with Crippen LogP contribution in [0, 0.1) is 48.3 Å². The van der Waals surface area contributed by atoms with E-state index in [2.05, 4.69) is 54.4 Å². The predicted molar refractivity (Wildman–Crippen MR) is 185 cm³/mol. The quantitative estimate of drug-likeness (QED) is 0.187. The molecule has 2 saturated carbocycles. The van der Waals surface area contributed by atoms with Crippen LogP contribution in [0.15, 0.2) is 67.7 Å². The van der Waals surface area contributed by atoms with Crippen LogP contribution in [0.4, 0.5) is 0 Å². The molecule has 252 valence electrons. The number of fused-ring (bicyclic) bond motifs is 2. The van der Waals surface area contributed by atoms with Crippen molar-refractivity contribution in [3.05, 3.63) is 124 Å². The van der Waals surface area contributed by atoms with Gasteiger partial charge in [-0.15, -0.1) is 0 Å². The molecule has 14 heteroatoms. The molecular weight excluding hydrogens is 636 g/mol. The van der Waals surface area contributed by atoms with Gasteiger partial charge in [-0.25, -0.2) is 19.0 Å².